The van der Waals surface area contributed by atoms with Crippen molar-refractivity contribution in [3.63, 3.8) is 0 Å². The van der Waals surface area contributed by atoms with Crippen LogP contribution in [0.4, 0.5) is 0 Å². The van der Waals surface area contributed by atoms with Crippen molar-refractivity contribution in [2.24, 2.45) is 5.92 Å². The SMILES string of the molecule is CC(C)CC(=O)N1CCO[C@@H](CN2CCC(O)CC2)[C@@H]1c1ccccc1. The molecule has 0 aromatic heterocycles. The number of aliphatic hydroxyl groups is 1. The Morgan fingerprint density at radius 2 is 1.88 bits per heavy atom. The number of piperidine rings is 1. The van der Waals surface area contributed by atoms with Crippen molar-refractivity contribution in [3.8, 4) is 0 Å². The smallest absolute Gasteiger partial charge is 0.223 e. The van der Waals surface area contributed by atoms with Crippen LogP contribution < -0.4 is 0 Å². The van der Waals surface area contributed by atoms with Crippen LogP contribution in [0.25, 0.3) is 0 Å². The van der Waals surface area contributed by atoms with E-state index in [1.807, 2.05) is 23.1 Å². The molecule has 0 bridgehead atoms. The predicted octanol–water partition coefficient (Wildman–Crippen LogP) is 2.46. The van der Waals surface area contributed by atoms with Crippen molar-refractivity contribution < 1.29 is 14.6 Å². The molecule has 0 unspecified atom stereocenters. The van der Waals surface area contributed by atoms with Gasteiger partial charge in [-0.3, -0.25) is 4.79 Å². The minimum absolute atomic E-state index is 0.0301. The normalized spacial score (nSPS) is 25.6. The Kier molecular flexibility index (Phi) is 6.68. The zero-order valence-electron chi connectivity index (χ0n) is 16.0. The van der Waals surface area contributed by atoms with Crippen LogP contribution in [0.5, 0.6) is 0 Å². The number of hydrogen-bond donors (Lipinski definition) is 1. The van der Waals surface area contributed by atoms with Gasteiger partial charge in [-0.2, -0.15) is 0 Å². The van der Waals surface area contributed by atoms with E-state index < -0.39 is 0 Å². The number of rotatable bonds is 5. The Morgan fingerprint density at radius 3 is 2.54 bits per heavy atom. The van der Waals surface area contributed by atoms with Crippen LogP contribution >= 0.6 is 0 Å². The van der Waals surface area contributed by atoms with Gasteiger partial charge in [0.25, 0.3) is 0 Å². The monoisotopic (exact) mass is 360 g/mol. The number of carbonyl (C=O) groups excluding carboxylic acids is 1. The van der Waals surface area contributed by atoms with E-state index in [1.165, 1.54) is 0 Å². The lowest BCUT2D eigenvalue weighted by molar-refractivity contribution is -0.149. The maximum Gasteiger partial charge on any atom is 0.223 e. The maximum absolute atomic E-state index is 12.9. The van der Waals surface area contributed by atoms with Gasteiger partial charge in [0.1, 0.15) is 0 Å². The standard InChI is InChI=1S/C21H32N2O3/c1-16(2)14-20(25)23-12-13-26-19(15-22-10-8-18(24)9-11-22)21(23)17-6-4-3-5-7-17/h3-7,16,18-19,21,24H,8-15H2,1-2H3/t19-,21-/m0/s1. The Labute approximate surface area is 156 Å². The number of carbonyl (C=O) groups is 1. The van der Waals surface area contributed by atoms with Gasteiger partial charge in [0.15, 0.2) is 0 Å². The van der Waals surface area contributed by atoms with Crippen molar-refractivity contribution >= 4 is 5.91 Å². The molecule has 2 atom stereocenters. The highest BCUT2D eigenvalue weighted by Crippen LogP contribution is 2.31. The Balaban J connectivity index is 1.78. The van der Waals surface area contributed by atoms with E-state index in [4.69, 9.17) is 4.74 Å². The number of likely N-dealkylation sites (tertiary alicyclic amines) is 1. The first kappa shape index (κ1) is 19.3. The van der Waals surface area contributed by atoms with Crippen LogP contribution in [0.3, 0.4) is 0 Å². The molecule has 0 radical (unpaired) electrons. The Morgan fingerprint density at radius 1 is 1.19 bits per heavy atom. The summed E-state index contributed by atoms with van der Waals surface area (Å²) in [7, 11) is 0. The minimum atomic E-state index is -0.174. The zero-order valence-corrected chi connectivity index (χ0v) is 16.0. The third kappa shape index (κ3) is 4.84. The van der Waals surface area contributed by atoms with E-state index >= 15 is 0 Å². The lowest BCUT2D eigenvalue weighted by Crippen LogP contribution is -2.53. The van der Waals surface area contributed by atoms with Crippen LogP contribution in [-0.4, -0.2) is 65.8 Å². The van der Waals surface area contributed by atoms with Crippen molar-refractivity contribution in [1.82, 2.24) is 9.80 Å². The minimum Gasteiger partial charge on any atom is -0.393 e. The first-order valence-corrected chi connectivity index (χ1v) is 9.91. The van der Waals surface area contributed by atoms with Gasteiger partial charge in [-0.25, -0.2) is 0 Å². The zero-order chi connectivity index (χ0) is 18.5. The van der Waals surface area contributed by atoms with Crippen LogP contribution in [-0.2, 0) is 9.53 Å². The molecule has 1 N–H and O–H groups in total. The van der Waals surface area contributed by atoms with E-state index in [0.717, 1.165) is 38.0 Å². The van der Waals surface area contributed by atoms with Gasteiger partial charge >= 0.3 is 0 Å². The van der Waals surface area contributed by atoms with E-state index in [9.17, 15) is 9.90 Å². The summed E-state index contributed by atoms with van der Waals surface area (Å²) in [5, 5.41) is 9.75. The van der Waals surface area contributed by atoms with Crippen molar-refractivity contribution in [3.05, 3.63) is 35.9 Å². The quantitative estimate of drug-likeness (QED) is 0.876. The maximum atomic E-state index is 12.9. The number of morpholine rings is 1. The molecule has 0 aliphatic carbocycles. The molecule has 3 rings (SSSR count). The Bertz CT molecular complexity index is 570. The molecule has 1 amide bonds. The van der Waals surface area contributed by atoms with E-state index in [0.29, 0.717) is 25.5 Å². The molecule has 1 aromatic carbocycles. The van der Waals surface area contributed by atoms with Gasteiger partial charge in [0.2, 0.25) is 5.91 Å². The molecule has 5 nitrogen and oxygen atoms in total. The van der Waals surface area contributed by atoms with E-state index in [2.05, 4.69) is 30.9 Å². The van der Waals surface area contributed by atoms with Crippen LogP contribution in [0, 0.1) is 5.92 Å². The van der Waals surface area contributed by atoms with Gasteiger partial charge in [0, 0.05) is 32.6 Å². The first-order valence-electron chi connectivity index (χ1n) is 9.91. The summed E-state index contributed by atoms with van der Waals surface area (Å²) in [4.78, 5) is 17.3. The third-order valence-corrected chi connectivity index (χ3v) is 5.39. The van der Waals surface area contributed by atoms with Gasteiger partial charge in [-0.15, -0.1) is 0 Å². The van der Waals surface area contributed by atoms with E-state index in [-0.39, 0.29) is 24.2 Å². The predicted molar refractivity (Wildman–Crippen MR) is 102 cm³/mol. The lowest BCUT2D eigenvalue weighted by atomic mass is 9.95. The number of nitrogens with zero attached hydrogens (tertiary/aromatic N) is 2. The van der Waals surface area contributed by atoms with Gasteiger partial charge in [-0.05, 0) is 24.3 Å². The molecule has 26 heavy (non-hydrogen) atoms. The summed E-state index contributed by atoms with van der Waals surface area (Å²) in [6.07, 6.45) is 2.01. The summed E-state index contributed by atoms with van der Waals surface area (Å²) in [6, 6.07) is 10.2. The number of hydrogen-bond acceptors (Lipinski definition) is 4. The average Bonchev–Trinajstić information content (AvgIpc) is 2.63. The van der Waals surface area contributed by atoms with Crippen LogP contribution in [0.1, 0.15) is 44.7 Å². The molecule has 2 aliphatic rings. The molecule has 0 saturated carbocycles. The number of benzene rings is 1. The topological polar surface area (TPSA) is 53.0 Å². The van der Waals surface area contributed by atoms with Gasteiger partial charge in [0.05, 0.1) is 24.9 Å². The van der Waals surface area contributed by atoms with Crippen LogP contribution in [0.15, 0.2) is 30.3 Å². The molecule has 0 spiro atoms. The summed E-state index contributed by atoms with van der Waals surface area (Å²) in [5.74, 6) is 0.569. The second-order valence-electron chi connectivity index (χ2n) is 7.98. The van der Waals surface area contributed by atoms with Crippen LogP contribution in [0.2, 0.25) is 0 Å². The molecule has 2 heterocycles. The molecule has 5 heteroatoms. The second-order valence-corrected chi connectivity index (χ2v) is 7.98. The molecule has 144 valence electrons. The first-order chi connectivity index (χ1) is 12.5. The summed E-state index contributed by atoms with van der Waals surface area (Å²) >= 11 is 0. The fourth-order valence-electron chi connectivity index (χ4n) is 4.03. The number of ether oxygens (including phenoxy) is 1. The second kappa shape index (κ2) is 8.98. The lowest BCUT2D eigenvalue weighted by Gasteiger charge is -2.44. The Hall–Kier alpha value is -1.43. The summed E-state index contributed by atoms with van der Waals surface area (Å²) in [6.45, 7) is 8.01. The fraction of sp³-hybridized carbons (Fsp3) is 0.667. The number of aliphatic hydroxyl groups excluding tert-OH is 1. The molecule has 1 aromatic rings. The number of amides is 1. The summed E-state index contributed by atoms with van der Waals surface area (Å²) in [5.41, 5.74) is 1.14. The van der Waals surface area contributed by atoms with Gasteiger partial charge in [-0.1, -0.05) is 44.2 Å². The fourth-order valence-corrected chi connectivity index (χ4v) is 4.03. The average molecular weight is 360 g/mol. The van der Waals surface area contributed by atoms with E-state index in [1.54, 1.807) is 0 Å². The van der Waals surface area contributed by atoms with Crippen molar-refractivity contribution in [2.45, 2.75) is 51.4 Å². The highest BCUT2D eigenvalue weighted by atomic mass is 16.5. The molecule has 2 fully saturated rings. The highest BCUT2D eigenvalue weighted by Gasteiger charge is 2.37. The molecule has 2 saturated heterocycles. The molecular weight excluding hydrogens is 328 g/mol. The van der Waals surface area contributed by atoms with Crippen molar-refractivity contribution in [2.75, 3.05) is 32.8 Å². The molecule has 2 aliphatic heterocycles. The summed E-state index contributed by atoms with van der Waals surface area (Å²) < 4.78 is 6.16. The highest BCUT2D eigenvalue weighted by molar-refractivity contribution is 5.77. The largest absolute Gasteiger partial charge is 0.393 e. The van der Waals surface area contributed by atoms with Crippen molar-refractivity contribution in [1.29, 1.82) is 0 Å². The third-order valence-electron chi connectivity index (χ3n) is 5.39. The van der Waals surface area contributed by atoms with Gasteiger partial charge < -0.3 is 19.6 Å². The molecular formula is C21H32N2O3.